The zero-order valence-corrected chi connectivity index (χ0v) is 12.4. The van der Waals surface area contributed by atoms with Gasteiger partial charge in [0, 0.05) is 17.9 Å². The minimum Gasteiger partial charge on any atom is -0.335 e. The van der Waals surface area contributed by atoms with E-state index in [0.717, 1.165) is 24.9 Å². The highest BCUT2D eigenvalue weighted by molar-refractivity contribution is 5.82. The molecule has 0 N–H and O–H groups in total. The van der Waals surface area contributed by atoms with Crippen molar-refractivity contribution in [1.82, 2.24) is 4.90 Å². The standard InChI is InChI=1S/C16H20N2O3/c1-10-5-6-12(8-11(10)2)14-4-3-7-17(14)16(19)13-9-15(13)18(20)21/h5-6,8,13-15H,3-4,7,9H2,1-2H3/t13-,14+,15+/m1/s1. The van der Waals surface area contributed by atoms with Crippen molar-refractivity contribution in [2.45, 2.75) is 45.2 Å². The summed E-state index contributed by atoms with van der Waals surface area (Å²) in [4.78, 5) is 24.8. The molecule has 112 valence electrons. The second kappa shape index (κ2) is 5.13. The van der Waals surface area contributed by atoms with Crippen molar-refractivity contribution in [3.8, 4) is 0 Å². The van der Waals surface area contributed by atoms with E-state index in [4.69, 9.17) is 0 Å². The first-order valence-electron chi connectivity index (χ1n) is 7.50. The molecule has 0 aromatic heterocycles. The van der Waals surface area contributed by atoms with Crippen molar-refractivity contribution in [2.75, 3.05) is 6.54 Å². The number of carbonyl (C=O) groups is 1. The minimum absolute atomic E-state index is 0.0302. The van der Waals surface area contributed by atoms with E-state index in [-0.39, 0.29) is 16.9 Å². The van der Waals surface area contributed by atoms with Crippen molar-refractivity contribution in [1.29, 1.82) is 0 Å². The van der Waals surface area contributed by atoms with Crippen molar-refractivity contribution < 1.29 is 9.72 Å². The molecule has 1 saturated heterocycles. The van der Waals surface area contributed by atoms with E-state index < -0.39 is 12.0 Å². The van der Waals surface area contributed by atoms with Crippen LogP contribution in [0.25, 0.3) is 0 Å². The van der Waals surface area contributed by atoms with Crippen LogP contribution < -0.4 is 0 Å². The van der Waals surface area contributed by atoms with Crippen LogP contribution in [0.4, 0.5) is 0 Å². The number of nitro groups is 1. The van der Waals surface area contributed by atoms with Crippen LogP contribution in [0.5, 0.6) is 0 Å². The lowest BCUT2D eigenvalue weighted by Crippen LogP contribution is -2.33. The van der Waals surface area contributed by atoms with Gasteiger partial charge in [0.05, 0.1) is 6.04 Å². The molecule has 1 aliphatic carbocycles. The third-order valence-corrected chi connectivity index (χ3v) is 4.80. The second-order valence-electron chi connectivity index (χ2n) is 6.23. The van der Waals surface area contributed by atoms with Gasteiger partial charge in [0.1, 0.15) is 5.92 Å². The maximum Gasteiger partial charge on any atom is 0.233 e. The molecule has 2 fully saturated rings. The van der Waals surface area contributed by atoms with Crippen LogP contribution in [0, 0.1) is 29.9 Å². The average molecular weight is 288 g/mol. The summed E-state index contributed by atoms with van der Waals surface area (Å²) in [5.74, 6) is -0.426. The number of nitrogens with zero attached hydrogens (tertiary/aromatic N) is 2. The number of hydrogen-bond acceptors (Lipinski definition) is 3. The van der Waals surface area contributed by atoms with Crippen LogP contribution >= 0.6 is 0 Å². The van der Waals surface area contributed by atoms with Gasteiger partial charge in [0.2, 0.25) is 11.9 Å². The van der Waals surface area contributed by atoms with E-state index in [1.54, 1.807) is 0 Å². The summed E-state index contributed by atoms with van der Waals surface area (Å²) in [5, 5.41) is 10.8. The van der Waals surface area contributed by atoms with E-state index in [1.165, 1.54) is 11.1 Å². The molecule has 3 rings (SSSR count). The zero-order chi connectivity index (χ0) is 15.1. The Bertz CT molecular complexity index is 599. The fourth-order valence-corrected chi connectivity index (χ4v) is 3.24. The molecule has 0 radical (unpaired) electrons. The topological polar surface area (TPSA) is 63.5 Å². The second-order valence-corrected chi connectivity index (χ2v) is 6.23. The Labute approximate surface area is 124 Å². The lowest BCUT2D eigenvalue weighted by atomic mass is 9.99. The Morgan fingerprint density at radius 2 is 2.10 bits per heavy atom. The lowest BCUT2D eigenvalue weighted by molar-refractivity contribution is -0.497. The fourth-order valence-electron chi connectivity index (χ4n) is 3.24. The van der Waals surface area contributed by atoms with Crippen LogP contribution in [0.3, 0.4) is 0 Å². The predicted molar refractivity (Wildman–Crippen MR) is 78.5 cm³/mol. The highest BCUT2D eigenvalue weighted by Crippen LogP contribution is 2.40. The van der Waals surface area contributed by atoms with Gasteiger partial charge < -0.3 is 4.90 Å². The molecule has 5 heteroatoms. The summed E-state index contributed by atoms with van der Waals surface area (Å²) in [5.41, 5.74) is 3.62. The first kappa shape index (κ1) is 14.0. The lowest BCUT2D eigenvalue weighted by Gasteiger charge is -2.25. The molecule has 0 bridgehead atoms. The van der Waals surface area contributed by atoms with Gasteiger partial charge in [-0.1, -0.05) is 18.2 Å². The fraction of sp³-hybridized carbons (Fsp3) is 0.562. The summed E-state index contributed by atoms with van der Waals surface area (Å²) in [6.45, 7) is 4.86. The Kier molecular flexibility index (Phi) is 3.43. The van der Waals surface area contributed by atoms with Gasteiger partial charge in [0.25, 0.3) is 0 Å². The Morgan fingerprint density at radius 1 is 1.33 bits per heavy atom. The first-order chi connectivity index (χ1) is 9.99. The number of amides is 1. The Hall–Kier alpha value is -1.91. The van der Waals surface area contributed by atoms with Crippen LogP contribution in [-0.2, 0) is 4.79 Å². The van der Waals surface area contributed by atoms with Crippen molar-refractivity contribution in [2.24, 2.45) is 5.92 Å². The normalized spacial score (nSPS) is 27.7. The van der Waals surface area contributed by atoms with Crippen LogP contribution in [0.2, 0.25) is 0 Å². The molecule has 1 aliphatic heterocycles. The molecular formula is C16H20N2O3. The van der Waals surface area contributed by atoms with E-state index in [1.807, 2.05) is 4.90 Å². The summed E-state index contributed by atoms with van der Waals surface area (Å²) in [6, 6.07) is 5.74. The summed E-state index contributed by atoms with van der Waals surface area (Å²) in [7, 11) is 0. The molecule has 5 nitrogen and oxygen atoms in total. The number of rotatable bonds is 3. The average Bonchev–Trinajstić information content (AvgIpc) is 3.11. The molecule has 0 unspecified atom stereocenters. The molecule has 1 aromatic carbocycles. The van der Waals surface area contributed by atoms with Gasteiger partial charge in [-0.2, -0.15) is 0 Å². The van der Waals surface area contributed by atoms with Gasteiger partial charge in [-0.15, -0.1) is 0 Å². The third-order valence-electron chi connectivity index (χ3n) is 4.80. The van der Waals surface area contributed by atoms with Crippen LogP contribution in [-0.4, -0.2) is 28.3 Å². The van der Waals surface area contributed by atoms with E-state index in [9.17, 15) is 14.9 Å². The molecule has 1 saturated carbocycles. The van der Waals surface area contributed by atoms with Crippen LogP contribution in [0.15, 0.2) is 18.2 Å². The van der Waals surface area contributed by atoms with Crippen molar-refractivity contribution >= 4 is 5.91 Å². The van der Waals surface area contributed by atoms with Gasteiger partial charge in [-0.3, -0.25) is 14.9 Å². The summed E-state index contributed by atoms with van der Waals surface area (Å²) >= 11 is 0. The highest BCUT2D eigenvalue weighted by atomic mass is 16.6. The monoisotopic (exact) mass is 288 g/mol. The number of carbonyl (C=O) groups excluding carboxylic acids is 1. The number of benzene rings is 1. The maximum atomic E-state index is 12.5. The highest BCUT2D eigenvalue weighted by Gasteiger charge is 2.55. The van der Waals surface area contributed by atoms with Crippen molar-refractivity contribution in [3.63, 3.8) is 0 Å². The smallest absolute Gasteiger partial charge is 0.233 e. The van der Waals surface area contributed by atoms with E-state index in [2.05, 4.69) is 32.0 Å². The van der Waals surface area contributed by atoms with E-state index in [0.29, 0.717) is 6.42 Å². The van der Waals surface area contributed by atoms with Gasteiger partial charge in [-0.25, -0.2) is 0 Å². The summed E-state index contributed by atoms with van der Waals surface area (Å²) < 4.78 is 0. The molecule has 1 amide bonds. The van der Waals surface area contributed by atoms with Gasteiger partial charge in [0.15, 0.2) is 0 Å². The van der Waals surface area contributed by atoms with Crippen LogP contribution in [0.1, 0.15) is 42.0 Å². The SMILES string of the molecule is Cc1ccc([C@@H]2CCCN2C(=O)[C@@H]2C[C@@H]2[N+](=O)[O-])cc1C. The molecule has 0 spiro atoms. The Balaban J connectivity index is 1.78. The molecule has 21 heavy (non-hydrogen) atoms. The minimum atomic E-state index is -0.654. The Morgan fingerprint density at radius 3 is 2.71 bits per heavy atom. The van der Waals surface area contributed by atoms with Gasteiger partial charge >= 0.3 is 0 Å². The summed E-state index contributed by atoms with van der Waals surface area (Å²) in [6.07, 6.45) is 2.32. The quantitative estimate of drug-likeness (QED) is 0.634. The third kappa shape index (κ3) is 2.52. The molecule has 3 atom stereocenters. The maximum absolute atomic E-state index is 12.5. The van der Waals surface area contributed by atoms with Gasteiger partial charge in [-0.05, 0) is 43.4 Å². The zero-order valence-electron chi connectivity index (χ0n) is 12.4. The molecule has 1 heterocycles. The first-order valence-corrected chi connectivity index (χ1v) is 7.50. The van der Waals surface area contributed by atoms with E-state index >= 15 is 0 Å². The molecule has 1 aromatic rings. The number of hydrogen-bond donors (Lipinski definition) is 0. The number of aryl methyl sites for hydroxylation is 2. The molecular weight excluding hydrogens is 268 g/mol. The largest absolute Gasteiger partial charge is 0.335 e. The molecule has 2 aliphatic rings. The van der Waals surface area contributed by atoms with Crippen molar-refractivity contribution in [3.05, 3.63) is 45.0 Å². The predicted octanol–water partition coefficient (Wildman–Crippen LogP) is 2.63. The number of likely N-dealkylation sites (tertiary alicyclic amines) is 1.